The number of carbonyl (C=O) groups is 1. The fourth-order valence-electron chi connectivity index (χ4n) is 3.54. The van der Waals surface area contributed by atoms with Crippen LogP contribution >= 0.6 is 0 Å². The lowest BCUT2D eigenvalue weighted by Gasteiger charge is -2.44. The third-order valence-corrected chi connectivity index (χ3v) is 5.49. The molecule has 2 fully saturated rings. The van der Waals surface area contributed by atoms with Crippen LogP contribution in [0.2, 0.25) is 0 Å². The molecule has 134 valence electrons. The van der Waals surface area contributed by atoms with Gasteiger partial charge >= 0.3 is 0 Å². The van der Waals surface area contributed by atoms with E-state index in [1.807, 2.05) is 0 Å². The highest BCUT2D eigenvalue weighted by molar-refractivity contribution is 5.93. The van der Waals surface area contributed by atoms with Gasteiger partial charge in [0, 0.05) is 37.1 Å². The first-order valence-corrected chi connectivity index (χ1v) is 9.01. The number of amides is 1. The van der Waals surface area contributed by atoms with E-state index in [9.17, 15) is 4.79 Å². The van der Waals surface area contributed by atoms with Crippen LogP contribution in [0.15, 0.2) is 10.8 Å². The molecule has 2 aliphatic rings. The van der Waals surface area contributed by atoms with E-state index >= 15 is 0 Å². The van der Waals surface area contributed by atoms with Crippen molar-refractivity contribution in [1.82, 2.24) is 20.1 Å². The van der Waals surface area contributed by atoms with E-state index in [0.29, 0.717) is 24.2 Å². The summed E-state index contributed by atoms with van der Waals surface area (Å²) in [6.45, 7) is 7.17. The maximum Gasteiger partial charge on any atom is 0.273 e. The SMILES string of the molecule is CN(C)C1CCN(C(C)(C)CNC(=O)c2ncoc2C2CC2)CC1. The Morgan fingerprint density at radius 2 is 2.00 bits per heavy atom. The minimum absolute atomic E-state index is 0.0591. The maximum atomic E-state index is 12.5. The predicted octanol–water partition coefficient (Wildman–Crippen LogP) is 2.09. The van der Waals surface area contributed by atoms with Crippen molar-refractivity contribution in [2.24, 2.45) is 0 Å². The molecule has 0 spiro atoms. The third kappa shape index (κ3) is 3.81. The van der Waals surface area contributed by atoms with Gasteiger partial charge in [0.2, 0.25) is 0 Å². The second-order valence-corrected chi connectivity index (χ2v) is 8.02. The third-order valence-electron chi connectivity index (χ3n) is 5.49. The van der Waals surface area contributed by atoms with Gasteiger partial charge in [-0.2, -0.15) is 0 Å². The van der Waals surface area contributed by atoms with Gasteiger partial charge in [0.25, 0.3) is 5.91 Å². The summed E-state index contributed by atoms with van der Waals surface area (Å²) in [4.78, 5) is 21.4. The fourth-order valence-corrected chi connectivity index (χ4v) is 3.54. The molecule has 1 N–H and O–H groups in total. The van der Waals surface area contributed by atoms with Gasteiger partial charge in [-0.05, 0) is 53.6 Å². The van der Waals surface area contributed by atoms with Crippen LogP contribution in [0.4, 0.5) is 0 Å². The Morgan fingerprint density at radius 3 is 2.58 bits per heavy atom. The molecule has 6 heteroatoms. The number of aromatic nitrogens is 1. The number of rotatable bonds is 6. The van der Waals surface area contributed by atoms with Crippen LogP contribution in [-0.2, 0) is 0 Å². The number of hydrogen-bond acceptors (Lipinski definition) is 5. The van der Waals surface area contributed by atoms with Crippen molar-refractivity contribution in [2.45, 2.75) is 57.0 Å². The number of likely N-dealkylation sites (tertiary alicyclic amines) is 1. The van der Waals surface area contributed by atoms with E-state index in [1.54, 1.807) is 0 Å². The van der Waals surface area contributed by atoms with Crippen molar-refractivity contribution >= 4 is 5.91 Å². The second kappa shape index (κ2) is 6.84. The summed E-state index contributed by atoms with van der Waals surface area (Å²) in [5.41, 5.74) is 0.413. The van der Waals surface area contributed by atoms with Gasteiger partial charge in [0.15, 0.2) is 12.1 Å². The minimum atomic E-state index is -0.109. The molecule has 1 saturated heterocycles. The summed E-state index contributed by atoms with van der Waals surface area (Å²) in [5, 5.41) is 3.07. The maximum absolute atomic E-state index is 12.5. The molecule has 1 aliphatic heterocycles. The van der Waals surface area contributed by atoms with Crippen LogP contribution < -0.4 is 5.32 Å². The highest BCUT2D eigenvalue weighted by atomic mass is 16.3. The Hall–Kier alpha value is -1.40. The predicted molar refractivity (Wildman–Crippen MR) is 93.2 cm³/mol. The molecule has 1 aliphatic carbocycles. The van der Waals surface area contributed by atoms with Crippen LogP contribution in [0.1, 0.15) is 61.7 Å². The molecule has 1 saturated carbocycles. The molecular formula is C18H30N4O2. The fraction of sp³-hybridized carbons (Fsp3) is 0.778. The molecule has 0 aromatic carbocycles. The lowest BCUT2D eigenvalue weighted by Crippen LogP contribution is -2.55. The smallest absolute Gasteiger partial charge is 0.273 e. The van der Waals surface area contributed by atoms with Crippen molar-refractivity contribution in [2.75, 3.05) is 33.7 Å². The van der Waals surface area contributed by atoms with Gasteiger partial charge in [-0.15, -0.1) is 0 Å². The molecule has 0 unspecified atom stereocenters. The number of nitrogens with one attached hydrogen (secondary N) is 1. The number of oxazole rings is 1. The number of nitrogens with zero attached hydrogens (tertiary/aromatic N) is 3. The molecule has 1 aromatic rings. The normalized spacial score (nSPS) is 20.5. The largest absolute Gasteiger partial charge is 0.447 e. The summed E-state index contributed by atoms with van der Waals surface area (Å²) in [5.74, 6) is 1.05. The molecular weight excluding hydrogens is 304 g/mol. The minimum Gasteiger partial charge on any atom is -0.447 e. The summed E-state index contributed by atoms with van der Waals surface area (Å²) in [7, 11) is 4.31. The van der Waals surface area contributed by atoms with Crippen molar-refractivity contribution in [3.05, 3.63) is 17.8 Å². The topological polar surface area (TPSA) is 61.6 Å². The molecule has 0 bridgehead atoms. The summed E-state index contributed by atoms with van der Waals surface area (Å²) in [6, 6.07) is 0.669. The Labute approximate surface area is 144 Å². The average Bonchev–Trinajstić information content (AvgIpc) is 3.29. The van der Waals surface area contributed by atoms with Crippen LogP contribution in [0.25, 0.3) is 0 Å². The Bertz CT molecular complexity index is 569. The molecule has 6 nitrogen and oxygen atoms in total. The summed E-state index contributed by atoms with van der Waals surface area (Å²) < 4.78 is 5.41. The number of hydrogen-bond donors (Lipinski definition) is 1. The lowest BCUT2D eigenvalue weighted by molar-refractivity contribution is 0.0586. The zero-order valence-corrected chi connectivity index (χ0v) is 15.3. The zero-order valence-electron chi connectivity index (χ0n) is 15.3. The van der Waals surface area contributed by atoms with E-state index in [4.69, 9.17) is 4.42 Å². The highest BCUT2D eigenvalue weighted by Crippen LogP contribution is 2.41. The number of piperidine rings is 1. The van der Waals surface area contributed by atoms with Crippen LogP contribution in [0.3, 0.4) is 0 Å². The van der Waals surface area contributed by atoms with Gasteiger partial charge in [-0.3, -0.25) is 9.69 Å². The first kappa shape index (κ1) is 17.4. The first-order chi connectivity index (χ1) is 11.4. The van der Waals surface area contributed by atoms with E-state index in [-0.39, 0.29) is 11.4 Å². The van der Waals surface area contributed by atoms with E-state index in [2.05, 4.69) is 48.0 Å². The highest BCUT2D eigenvalue weighted by Gasteiger charge is 2.34. The quantitative estimate of drug-likeness (QED) is 0.863. The molecule has 1 aromatic heterocycles. The zero-order chi connectivity index (χ0) is 17.3. The van der Waals surface area contributed by atoms with Crippen LogP contribution in [-0.4, -0.2) is 66.0 Å². The van der Waals surface area contributed by atoms with Gasteiger partial charge in [-0.25, -0.2) is 4.98 Å². The van der Waals surface area contributed by atoms with E-state index in [0.717, 1.165) is 31.7 Å². The van der Waals surface area contributed by atoms with E-state index in [1.165, 1.54) is 19.2 Å². The van der Waals surface area contributed by atoms with Crippen molar-refractivity contribution < 1.29 is 9.21 Å². The van der Waals surface area contributed by atoms with Gasteiger partial charge in [-0.1, -0.05) is 0 Å². The van der Waals surface area contributed by atoms with Crippen molar-refractivity contribution in [1.29, 1.82) is 0 Å². The molecule has 1 amide bonds. The summed E-state index contributed by atoms with van der Waals surface area (Å²) in [6.07, 6.45) is 5.95. The average molecular weight is 334 g/mol. The van der Waals surface area contributed by atoms with Gasteiger partial charge in [0.05, 0.1) is 0 Å². The molecule has 0 radical (unpaired) electrons. The molecule has 2 heterocycles. The van der Waals surface area contributed by atoms with Crippen molar-refractivity contribution in [3.63, 3.8) is 0 Å². The lowest BCUT2D eigenvalue weighted by atomic mass is 9.95. The monoisotopic (exact) mass is 334 g/mol. The standard InChI is InChI=1S/C18H30N4O2/c1-18(2,22-9-7-14(8-10-22)21(3)4)11-19-17(23)15-16(13-5-6-13)24-12-20-15/h12-14H,5-11H2,1-4H3,(H,19,23). The van der Waals surface area contributed by atoms with Crippen LogP contribution in [0, 0.1) is 0 Å². The van der Waals surface area contributed by atoms with Crippen LogP contribution in [0.5, 0.6) is 0 Å². The Balaban J connectivity index is 1.53. The van der Waals surface area contributed by atoms with Crippen molar-refractivity contribution in [3.8, 4) is 0 Å². The molecule has 24 heavy (non-hydrogen) atoms. The number of carbonyl (C=O) groups excluding carboxylic acids is 1. The van der Waals surface area contributed by atoms with Gasteiger partial charge in [0.1, 0.15) is 5.76 Å². The molecule has 0 atom stereocenters. The molecule has 3 rings (SSSR count). The summed E-state index contributed by atoms with van der Waals surface area (Å²) >= 11 is 0. The Kier molecular flexibility index (Phi) is 4.97. The first-order valence-electron chi connectivity index (χ1n) is 9.01. The van der Waals surface area contributed by atoms with E-state index < -0.39 is 0 Å². The second-order valence-electron chi connectivity index (χ2n) is 8.02. The Morgan fingerprint density at radius 1 is 1.33 bits per heavy atom. The van der Waals surface area contributed by atoms with Gasteiger partial charge < -0.3 is 14.6 Å².